The number of rotatable bonds is 9. The minimum atomic E-state index is 0. The van der Waals surface area contributed by atoms with Crippen molar-refractivity contribution in [1.29, 1.82) is 0 Å². The predicted octanol–water partition coefficient (Wildman–Crippen LogP) is 2.53. The van der Waals surface area contributed by atoms with Gasteiger partial charge in [0.25, 0.3) is 0 Å². The average Bonchev–Trinajstić information content (AvgIpc) is 2.60. The molecule has 0 saturated heterocycles. The first-order valence-corrected chi connectivity index (χ1v) is 9.00. The van der Waals surface area contributed by atoms with Gasteiger partial charge in [-0.15, -0.1) is 0 Å². The van der Waals surface area contributed by atoms with Crippen LogP contribution in [-0.2, 0) is 6.42 Å². The zero-order valence-electron chi connectivity index (χ0n) is 16.3. The van der Waals surface area contributed by atoms with Crippen LogP contribution in [-0.4, -0.2) is 38.8 Å². The molecule has 2 rings (SSSR count). The summed E-state index contributed by atoms with van der Waals surface area (Å²) in [5.41, 5.74) is 3.01. The molecule has 0 heterocycles. The highest BCUT2D eigenvalue weighted by Gasteiger charge is 2.05. The molecule has 0 spiro atoms. The van der Waals surface area contributed by atoms with Crippen molar-refractivity contribution in [1.82, 2.24) is 0 Å². The fraction of sp³-hybridized carbons (Fsp3) is 0.429. The number of azo groups is 1. The van der Waals surface area contributed by atoms with Crippen LogP contribution in [0.15, 0.2) is 58.8 Å². The summed E-state index contributed by atoms with van der Waals surface area (Å²) < 4.78 is 6.79. The molecule has 26 heavy (non-hydrogen) atoms. The van der Waals surface area contributed by atoms with Gasteiger partial charge >= 0.3 is 0 Å². The van der Waals surface area contributed by atoms with E-state index in [1.165, 1.54) is 18.5 Å². The second-order valence-electron chi connectivity index (χ2n) is 7.28. The zero-order valence-corrected chi connectivity index (χ0v) is 17.9. The Labute approximate surface area is 168 Å². The van der Waals surface area contributed by atoms with Crippen molar-refractivity contribution in [3.05, 3.63) is 54.1 Å². The molecule has 0 aromatic heterocycles. The van der Waals surface area contributed by atoms with E-state index in [9.17, 15) is 0 Å². The van der Waals surface area contributed by atoms with Gasteiger partial charge in [-0.3, -0.25) is 0 Å². The van der Waals surface area contributed by atoms with Gasteiger partial charge in [-0.1, -0.05) is 19.1 Å². The molecule has 2 aromatic rings. The molecule has 142 valence electrons. The molecule has 4 nitrogen and oxygen atoms in total. The van der Waals surface area contributed by atoms with Crippen molar-refractivity contribution in [2.75, 3.05) is 34.3 Å². The van der Waals surface area contributed by atoms with Gasteiger partial charge in [-0.25, -0.2) is 0 Å². The highest BCUT2D eigenvalue weighted by molar-refractivity contribution is 5.43. The van der Waals surface area contributed by atoms with Crippen molar-refractivity contribution in [2.24, 2.45) is 10.2 Å². The van der Waals surface area contributed by atoms with Gasteiger partial charge in [0.05, 0.1) is 45.7 Å². The van der Waals surface area contributed by atoms with Crippen molar-refractivity contribution >= 4 is 11.4 Å². The lowest BCUT2D eigenvalue weighted by molar-refractivity contribution is -0.870. The fourth-order valence-electron chi connectivity index (χ4n) is 2.40. The standard InChI is InChI=1S/C21H30N3O.BrH/c1-5-18-8-10-19(11-9-18)22-23-20-12-14-21(15-13-20)25-17-7-6-16-24(2,3)4;/h8-15H,5-7,16-17H2,1-4H3;1H/q+1;/p-1. The van der Waals surface area contributed by atoms with Crippen LogP contribution in [0.3, 0.4) is 0 Å². The maximum absolute atomic E-state index is 5.78. The third-order valence-electron chi connectivity index (χ3n) is 3.95. The molecular formula is C21H30BrN3O. The van der Waals surface area contributed by atoms with Gasteiger partial charge in [-0.05, 0) is 61.2 Å². The molecule has 2 aromatic carbocycles. The van der Waals surface area contributed by atoms with E-state index in [4.69, 9.17) is 4.74 Å². The van der Waals surface area contributed by atoms with E-state index in [1.807, 2.05) is 36.4 Å². The van der Waals surface area contributed by atoms with Crippen LogP contribution in [0.5, 0.6) is 5.75 Å². The predicted molar refractivity (Wildman–Crippen MR) is 104 cm³/mol. The maximum Gasteiger partial charge on any atom is 0.119 e. The molecule has 0 unspecified atom stereocenters. The highest BCUT2D eigenvalue weighted by atomic mass is 79.9. The molecule has 0 saturated carbocycles. The summed E-state index contributed by atoms with van der Waals surface area (Å²) in [7, 11) is 6.64. The summed E-state index contributed by atoms with van der Waals surface area (Å²) in [6.45, 7) is 4.07. The Bertz CT molecular complexity index is 661. The van der Waals surface area contributed by atoms with Gasteiger partial charge in [-0.2, -0.15) is 10.2 Å². The summed E-state index contributed by atoms with van der Waals surface area (Å²) in [6, 6.07) is 15.9. The first-order valence-electron chi connectivity index (χ1n) is 9.00. The Kier molecular flexibility index (Phi) is 9.52. The van der Waals surface area contributed by atoms with Crippen molar-refractivity contribution in [3.63, 3.8) is 0 Å². The third-order valence-corrected chi connectivity index (χ3v) is 3.95. The topological polar surface area (TPSA) is 34.0 Å². The summed E-state index contributed by atoms with van der Waals surface area (Å²) in [6.07, 6.45) is 3.28. The van der Waals surface area contributed by atoms with Gasteiger partial charge in [0.1, 0.15) is 5.75 Å². The molecule has 5 heteroatoms. The van der Waals surface area contributed by atoms with Gasteiger partial charge in [0.15, 0.2) is 0 Å². The largest absolute Gasteiger partial charge is 1.00 e. The van der Waals surface area contributed by atoms with E-state index < -0.39 is 0 Å². The lowest BCUT2D eigenvalue weighted by atomic mass is 10.2. The molecule has 0 aliphatic carbocycles. The molecule has 0 radical (unpaired) electrons. The Hall–Kier alpha value is -1.72. The second kappa shape index (κ2) is 11.1. The number of aryl methyl sites for hydroxylation is 1. The highest BCUT2D eigenvalue weighted by Crippen LogP contribution is 2.21. The third kappa shape index (κ3) is 8.59. The SMILES string of the molecule is CCc1ccc(N=Nc2ccc(OCCCC[N+](C)(C)C)cc2)cc1.[Br-]. The van der Waals surface area contributed by atoms with Crippen LogP contribution in [0.1, 0.15) is 25.3 Å². The summed E-state index contributed by atoms with van der Waals surface area (Å²) in [5, 5.41) is 8.55. The first kappa shape index (κ1) is 22.3. The van der Waals surface area contributed by atoms with E-state index in [2.05, 4.69) is 50.4 Å². The van der Waals surface area contributed by atoms with Gasteiger partial charge in [0, 0.05) is 0 Å². The minimum Gasteiger partial charge on any atom is -1.00 e. The average molecular weight is 420 g/mol. The Balaban J connectivity index is 0.00000338. The Morgan fingerprint density at radius 2 is 1.35 bits per heavy atom. The number of unbranched alkanes of at least 4 members (excludes halogenated alkanes) is 1. The number of nitrogens with zero attached hydrogens (tertiary/aromatic N) is 3. The molecule has 0 aliphatic heterocycles. The number of benzene rings is 2. The zero-order chi connectivity index (χ0) is 18.1. The van der Waals surface area contributed by atoms with Crippen molar-refractivity contribution in [3.8, 4) is 5.75 Å². The van der Waals surface area contributed by atoms with Crippen LogP contribution in [0, 0.1) is 0 Å². The van der Waals surface area contributed by atoms with Crippen LogP contribution in [0.2, 0.25) is 0 Å². The molecule has 0 fully saturated rings. The molecule has 0 atom stereocenters. The monoisotopic (exact) mass is 419 g/mol. The molecule has 0 aliphatic rings. The second-order valence-corrected chi connectivity index (χ2v) is 7.28. The van der Waals surface area contributed by atoms with E-state index in [0.717, 1.165) is 41.1 Å². The number of halogens is 1. The summed E-state index contributed by atoms with van der Waals surface area (Å²) in [4.78, 5) is 0. The maximum atomic E-state index is 5.78. The number of hydrogen-bond donors (Lipinski definition) is 0. The quantitative estimate of drug-likeness (QED) is 0.349. The Morgan fingerprint density at radius 3 is 1.85 bits per heavy atom. The fourth-order valence-corrected chi connectivity index (χ4v) is 2.40. The molecule has 0 amide bonds. The number of ether oxygens (including phenoxy) is 1. The van der Waals surface area contributed by atoms with Crippen LogP contribution in [0.25, 0.3) is 0 Å². The summed E-state index contributed by atoms with van der Waals surface area (Å²) in [5.74, 6) is 0.886. The van der Waals surface area contributed by atoms with E-state index in [0.29, 0.717) is 0 Å². The Morgan fingerprint density at radius 1 is 0.808 bits per heavy atom. The van der Waals surface area contributed by atoms with Crippen LogP contribution >= 0.6 is 0 Å². The van der Waals surface area contributed by atoms with Crippen molar-refractivity contribution in [2.45, 2.75) is 26.2 Å². The normalized spacial score (nSPS) is 11.4. The lowest BCUT2D eigenvalue weighted by Crippen LogP contribution is -3.00. The van der Waals surface area contributed by atoms with Gasteiger partial charge < -0.3 is 26.2 Å². The van der Waals surface area contributed by atoms with E-state index in [1.54, 1.807) is 0 Å². The van der Waals surface area contributed by atoms with Crippen molar-refractivity contribution < 1.29 is 26.2 Å². The lowest BCUT2D eigenvalue weighted by Gasteiger charge is -2.23. The number of quaternary nitrogens is 1. The smallest absolute Gasteiger partial charge is 0.119 e. The van der Waals surface area contributed by atoms with E-state index >= 15 is 0 Å². The minimum absolute atomic E-state index is 0. The van der Waals surface area contributed by atoms with E-state index in [-0.39, 0.29) is 17.0 Å². The molecule has 0 bridgehead atoms. The van der Waals surface area contributed by atoms with Gasteiger partial charge in [0.2, 0.25) is 0 Å². The summed E-state index contributed by atoms with van der Waals surface area (Å²) >= 11 is 0. The number of hydrogen-bond acceptors (Lipinski definition) is 3. The molecule has 0 N–H and O–H groups in total. The van der Waals surface area contributed by atoms with Crippen LogP contribution in [0.4, 0.5) is 11.4 Å². The molecular weight excluding hydrogens is 390 g/mol. The van der Waals surface area contributed by atoms with Crippen LogP contribution < -0.4 is 21.7 Å². The first-order chi connectivity index (χ1) is 12.0.